The number of rotatable bonds is 9. The number of hydrogen-bond acceptors (Lipinski definition) is 9. The van der Waals surface area contributed by atoms with Crippen LogP contribution >= 0.6 is 0 Å². The summed E-state index contributed by atoms with van der Waals surface area (Å²) >= 11 is 0. The van der Waals surface area contributed by atoms with Gasteiger partial charge in [-0.25, -0.2) is 15.0 Å². The SMILES string of the molecule is COc1cc(-c2cccc(Cn3c(=O)cnc4c(-c5cc(-c6cccc(Cn7c(=O)cnc8ccncc87)c6)cc(C(C)C)n5)cncc43)c2)ccn1. The van der Waals surface area contributed by atoms with Crippen LogP contribution < -0.4 is 15.9 Å². The third-order valence-electron chi connectivity index (χ3n) is 9.27. The molecule has 6 aromatic heterocycles. The number of methoxy groups -OCH3 is 1. The lowest BCUT2D eigenvalue weighted by Crippen LogP contribution is -2.21. The van der Waals surface area contributed by atoms with Crippen LogP contribution in [0.2, 0.25) is 0 Å². The van der Waals surface area contributed by atoms with Crippen molar-refractivity contribution in [3.05, 3.63) is 160 Å². The molecule has 11 heteroatoms. The lowest BCUT2D eigenvalue weighted by molar-refractivity contribution is 0.398. The first-order chi connectivity index (χ1) is 25.8. The molecular formula is C42H34N8O3. The van der Waals surface area contributed by atoms with E-state index in [0.29, 0.717) is 46.7 Å². The predicted molar refractivity (Wildman–Crippen MR) is 205 cm³/mol. The summed E-state index contributed by atoms with van der Waals surface area (Å²) in [5.74, 6) is 0.662. The third-order valence-corrected chi connectivity index (χ3v) is 9.27. The standard InChI is InChI=1S/C42H34N8O3/c1-26(2)35-16-32(30-9-5-7-28(15-30)24-49-37-20-43-12-11-34(37)46-22-40(49)51)17-36(48-35)33-19-44-21-38-42(33)47-23-41(52)50(38)25-27-6-4-8-29(14-27)31-10-13-45-39(18-31)53-3/h4-23,26H,24-25H2,1-3H3. The molecule has 0 amide bonds. The average Bonchev–Trinajstić information content (AvgIpc) is 3.20. The van der Waals surface area contributed by atoms with E-state index in [9.17, 15) is 9.59 Å². The van der Waals surface area contributed by atoms with Gasteiger partial charge in [-0.3, -0.25) is 33.7 Å². The molecule has 8 aromatic rings. The Hall–Kier alpha value is -6.88. The van der Waals surface area contributed by atoms with Crippen molar-refractivity contribution in [3.8, 4) is 39.4 Å². The fourth-order valence-electron chi connectivity index (χ4n) is 6.52. The summed E-state index contributed by atoms with van der Waals surface area (Å²) in [6, 6.07) is 25.9. The van der Waals surface area contributed by atoms with Crippen molar-refractivity contribution in [1.82, 2.24) is 39.0 Å². The summed E-state index contributed by atoms with van der Waals surface area (Å²) in [5, 5.41) is 0. The van der Waals surface area contributed by atoms with Gasteiger partial charge in [0, 0.05) is 35.9 Å². The highest BCUT2D eigenvalue weighted by molar-refractivity contribution is 5.90. The van der Waals surface area contributed by atoms with Crippen LogP contribution in [0.3, 0.4) is 0 Å². The van der Waals surface area contributed by atoms with Crippen LogP contribution in [0.1, 0.15) is 36.6 Å². The van der Waals surface area contributed by atoms with Crippen molar-refractivity contribution < 1.29 is 4.74 Å². The second-order valence-electron chi connectivity index (χ2n) is 13.1. The van der Waals surface area contributed by atoms with Crippen LogP contribution in [0.25, 0.3) is 55.6 Å². The smallest absolute Gasteiger partial charge is 0.269 e. The maximum atomic E-state index is 13.4. The first kappa shape index (κ1) is 33.3. The van der Waals surface area contributed by atoms with Crippen molar-refractivity contribution in [3.63, 3.8) is 0 Å². The van der Waals surface area contributed by atoms with Gasteiger partial charge in [-0.2, -0.15) is 0 Å². The zero-order valence-corrected chi connectivity index (χ0v) is 29.3. The largest absolute Gasteiger partial charge is 0.481 e. The summed E-state index contributed by atoms with van der Waals surface area (Å²) in [6.07, 6.45) is 11.2. The molecule has 11 nitrogen and oxygen atoms in total. The third kappa shape index (κ3) is 6.67. The first-order valence-electron chi connectivity index (χ1n) is 17.2. The second-order valence-corrected chi connectivity index (χ2v) is 13.1. The van der Waals surface area contributed by atoms with Crippen LogP contribution in [-0.4, -0.2) is 46.1 Å². The molecule has 0 bridgehead atoms. The molecular weight excluding hydrogens is 665 g/mol. The van der Waals surface area contributed by atoms with Crippen LogP contribution in [-0.2, 0) is 13.1 Å². The number of ether oxygens (including phenoxy) is 1. The van der Waals surface area contributed by atoms with Crippen molar-refractivity contribution >= 4 is 22.1 Å². The number of benzene rings is 2. The fourth-order valence-corrected chi connectivity index (χ4v) is 6.52. The van der Waals surface area contributed by atoms with Crippen LogP contribution in [0.5, 0.6) is 5.88 Å². The molecule has 0 atom stereocenters. The molecule has 53 heavy (non-hydrogen) atoms. The molecule has 0 aliphatic rings. The van der Waals surface area contributed by atoms with E-state index in [1.54, 1.807) is 53.3 Å². The Labute approximate surface area is 304 Å². The van der Waals surface area contributed by atoms with Gasteiger partial charge in [-0.15, -0.1) is 0 Å². The number of pyridine rings is 4. The molecule has 0 saturated carbocycles. The van der Waals surface area contributed by atoms with Crippen molar-refractivity contribution in [1.29, 1.82) is 0 Å². The molecule has 0 radical (unpaired) electrons. The maximum absolute atomic E-state index is 13.4. The van der Waals surface area contributed by atoms with Crippen LogP contribution in [0.4, 0.5) is 0 Å². The van der Waals surface area contributed by atoms with E-state index in [0.717, 1.165) is 44.6 Å². The molecule has 0 aliphatic heterocycles. The highest BCUT2D eigenvalue weighted by Gasteiger charge is 2.16. The van der Waals surface area contributed by atoms with E-state index in [4.69, 9.17) is 9.72 Å². The van der Waals surface area contributed by atoms with E-state index >= 15 is 0 Å². The van der Waals surface area contributed by atoms with Crippen LogP contribution in [0.15, 0.2) is 132 Å². The fraction of sp³-hybridized carbons (Fsp3) is 0.143. The zero-order chi connectivity index (χ0) is 36.5. The van der Waals surface area contributed by atoms with Crippen molar-refractivity contribution in [2.45, 2.75) is 32.9 Å². The van der Waals surface area contributed by atoms with Crippen molar-refractivity contribution in [2.24, 2.45) is 0 Å². The summed E-state index contributed by atoms with van der Waals surface area (Å²) in [4.78, 5) is 53.3. The number of aromatic nitrogens is 8. The molecule has 0 spiro atoms. The summed E-state index contributed by atoms with van der Waals surface area (Å²) < 4.78 is 8.70. The van der Waals surface area contributed by atoms with E-state index < -0.39 is 0 Å². The highest BCUT2D eigenvalue weighted by Crippen LogP contribution is 2.32. The Kier molecular flexibility index (Phi) is 8.81. The Morgan fingerprint density at radius 1 is 0.642 bits per heavy atom. The summed E-state index contributed by atoms with van der Waals surface area (Å²) in [5.41, 5.74) is 10.3. The highest BCUT2D eigenvalue weighted by atomic mass is 16.5. The Balaban J connectivity index is 1.18. The molecule has 8 rings (SSSR count). The second kappa shape index (κ2) is 14.0. The van der Waals surface area contributed by atoms with E-state index in [1.165, 1.54) is 12.4 Å². The number of nitrogens with zero attached hydrogens (tertiary/aromatic N) is 8. The van der Waals surface area contributed by atoms with Gasteiger partial charge in [-0.05, 0) is 75.7 Å². The first-order valence-corrected chi connectivity index (χ1v) is 17.2. The lowest BCUT2D eigenvalue weighted by Gasteiger charge is -2.15. The Morgan fingerprint density at radius 3 is 2.06 bits per heavy atom. The van der Waals surface area contributed by atoms with Gasteiger partial charge in [0.05, 0.1) is 72.7 Å². The molecule has 0 saturated heterocycles. The topological polar surface area (TPSA) is 131 Å². The Morgan fingerprint density at radius 2 is 1.32 bits per heavy atom. The normalized spacial score (nSPS) is 11.4. The monoisotopic (exact) mass is 698 g/mol. The van der Waals surface area contributed by atoms with Crippen LogP contribution in [0, 0.1) is 0 Å². The lowest BCUT2D eigenvalue weighted by atomic mass is 9.98. The van der Waals surface area contributed by atoms with E-state index in [1.807, 2.05) is 48.5 Å². The summed E-state index contributed by atoms with van der Waals surface area (Å²) in [6.45, 7) is 4.90. The molecule has 0 fully saturated rings. The van der Waals surface area contributed by atoms with Gasteiger partial charge in [-0.1, -0.05) is 50.2 Å². The molecule has 260 valence electrons. The molecule has 0 N–H and O–H groups in total. The van der Waals surface area contributed by atoms with E-state index in [2.05, 4.69) is 63.0 Å². The van der Waals surface area contributed by atoms with Gasteiger partial charge >= 0.3 is 0 Å². The number of fused-ring (bicyclic) bond motifs is 2. The van der Waals surface area contributed by atoms with Gasteiger partial charge in [0.15, 0.2) is 0 Å². The number of hydrogen-bond donors (Lipinski definition) is 0. The van der Waals surface area contributed by atoms with Gasteiger partial charge in [0.2, 0.25) is 5.88 Å². The van der Waals surface area contributed by atoms with Gasteiger partial charge < -0.3 is 4.74 Å². The quantitative estimate of drug-likeness (QED) is 0.158. The van der Waals surface area contributed by atoms with Gasteiger partial charge in [0.1, 0.15) is 0 Å². The molecule has 0 unspecified atom stereocenters. The van der Waals surface area contributed by atoms with E-state index in [-0.39, 0.29) is 17.0 Å². The Bertz CT molecular complexity index is 2770. The zero-order valence-electron chi connectivity index (χ0n) is 29.3. The van der Waals surface area contributed by atoms with Gasteiger partial charge in [0.25, 0.3) is 11.1 Å². The maximum Gasteiger partial charge on any atom is 0.269 e. The van der Waals surface area contributed by atoms with Crippen molar-refractivity contribution in [2.75, 3.05) is 7.11 Å². The summed E-state index contributed by atoms with van der Waals surface area (Å²) in [7, 11) is 1.59. The minimum absolute atomic E-state index is 0.132. The predicted octanol–water partition coefficient (Wildman–Crippen LogP) is 6.92. The minimum Gasteiger partial charge on any atom is -0.481 e. The minimum atomic E-state index is -0.231. The molecule has 6 heterocycles. The average molecular weight is 699 g/mol. The molecule has 0 aliphatic carbocycles. The molecule has 2 aromatic carbocycles.